The fourth-order valence-corrected chi connectivity index (χ4v) is 2.89. The average Bonchev–Trinajstić information content (AvgIpc) is 3.27. The SMILES string of the molecule is O=C(NCC1CC1)C1CCN(c2ccc3nnnn3n2)CC1. The summed E-state index contributed by atoms with van der Waals surface area (Å²) < 4.78 is 1.43. The molecular weight excluding hydrogens is 282 g/mol. The molecule has 1 saturated carbocycles. The van der Waals surface area contributed by atoms with E-state index >= 15 is 0 Å². The molecule has 3 heterocycles. The Morgan fingerprint density at radius 1 is 1.23 bits per heavy atom. The Morgan fingerprint density at radius 2 is 2.05 bits per heavy atom. The molecule has 0 radical (unpaired) electrons. The summed E-state index contributed by atoms with van der Waals surface area (Å²) in [5.41, 5.74) is 0.637. The molecule has 2 aromatic rings. The molecule has 1 aliphatic carbocycles. The summed E-state index contributed by atoms with van der Waals surface area (Å²) in [6, 6.07) is 3.79. The lowest BCUT2D eigenvalue weighted by molar-refractivity contribution is -0.125. The van der Waals surface area contributed by atoms with E-state index in [2.05, 4.69) is 30.8 Å². The quantitative estimate of drug-likeness (QED) is 0.871. The molecule has 8 heteroatoms. The summed E-state index contributed by atoms with van der Waals surface area (Å²) in [6.07, 6.45) is 4.27. The van der Waals surface area contributed by atoms with Crippen LogP contribution in [-0.2, 0) is 4.79 Å². The number of aromatic nitrogens is 5. The summed E-state index contributed by atoms with van der Waals surface area (Å²) in [6.45, 7) is 2.53. The normalized spacial score (nSPS) is 19.5. The Kier molecular flexibility index (Phi) is 3.36. The Balaban J connectivity index is 1.35. The number of rotatable bonds is 4. The fourth-order valence-electron chi connectivity index (χ4n) is 2.89. The van der Waals surface area contributed by atoms with Gasteiger partial charge in [0, 0.05) is 25.6 Å². The number of piperidine rings is 1. The van der Waals surface area contributed by atoms with Crippen molar-refractivity contribution in [2.45, 2.75) is 25.7 Å². The van der Waals surface area contributed by atoms with Crippen molar-refractivity contribution in [1.82, 2.24) is 30.6 Å². The molecule has 4 rings (SSSR count). The van der Waals surface area contributed by atoms with E-state index < -0.39 is 0 Å². The predicted molar refractivity (Wildman–Crippen MR) is 79.2 cm³/mol. The standard InChI is InChI=1S/C14H19N7O/c22-14(15-9-10-1-2-10)11-5-7-20(8-6-11)13-4-3-12-16-18-19-21(12)17-13/h3-4,10-11H,1-2,5-9H2,(H,15,22). The van der Waals surface area contributed by atoms with Gasteiger partial charge in [0.1, 0.15) is 0 Å². The molecule has 0 atom stereocenters. The number of hydrogen-bond donors (Lipinski definition) is 1. The van der Waals surface area contributed by atoms with E-state index in [4.69, 9.17) is 0 Å². The first kappa shape index (κ1) is 13.4. The van der Waals surface area contributed by atoms with Gasteiger partial charge in [0.05, 0.1) is 0 Å². The van der Waals surface area contributed by atoms with E-state index in [0.717, 1.165) is 44.2 Å². The van der Waals surface area contributed by atoms with Crippen molar-refractivity contribution in [2.75, 3.05) is 24.5 Å². The van der Waals surface area contributed by atoms with Crippen molar-refractivity contribution in [3.8, 4) is 0 Å². The Hall–Kier alpha value is -2.25. The van der Waals surface area contributed by atoms with Crippen LogP contribution in [0.15, 0.2) is 12.1 Å². The number of fused-ring (bicyclic) bond motifs is 1. The van der Waals surface area contributed by atoms with Crippen LogP contribution in [-0.4, -0.2) is 50.8 Å². The first-order valence-corrected chi connectivity index (χ1v) is 7.88. The zero-order valence-corrected chi connectivity index (χ0v) is 12.4. The highest BCUT2D eigenvalue weighted by Gasteiger charge is 2.28. The molecule has 116 valence electrons. The van der Waals surface area contributed by atoms with Crippen LogP contribution in [0.3, 0.4) is 0 Å². The molecule has 0 aromatic carbocycles. The number of nitrogens with one attached hydrogen (secondary N) is 1. The number of tetrazole rings is 1. The van der Waals surface area contributed by atoms with Gasteiger partial charge in [-0.1, -0.05) is 0 Å². The third-order valence-electron chi connectivity index (χ3n) is 4.51. The maximum atomic E-state index is 12.1. The maximum absolute atomic E-state index is 12.1. The lowest BCUT2D eigenvalue weighted by Gasteiger charge is -2.31. The van der Waals surface area contributed by atoms with Gasteiger partial charge in [0.15, 0.2) is 11.5 Å². The smallest absolute Gasteiger partial charge is 0.223 e. The largest absolute Gasteiger partial charge is 0.356 e. The van der Waals surface area contributed by atoms with Crippen molar-refractivity contribution in [3.05, 3.63) is 12.1 Å². The topological polar surface area (TPSA) is 88.3 Å². The first-order valence-electron chi connectivity index (χ1n) is 7.88. The van der Waals surface area contributed by atoms with Gasteiger partial charge in [0.25, 0.3) is 0 Å². The van der Waals surface area contributed by atoms with E-state index in [1.54, 1.807) is 0 Å². The first-order chi connectivity index (χ1) is 10.8. The van der Waals surface area contributed by atoms with Crippen LogP contribution >= 0.6 is 0 Å². The van der Waals surface area contributed by atoms with E-state index in [-0.39, 0.29) is 11.8 Å². The lowest BCUT2D eigenvalue weighted by Crippen LogP contribution is -2.41. The fraction of sp³-hybridized carbons (Fsp3) is 0.643. The summed E-state index contributed by atoms with van der Waals surface area (Å²) in [5.74, 6) is 1.94. The van der Waals surface area contributed by atoms with Gasteiger partial charge >= 0.3 is 0 Å². The third kappa shape index (κ3) is 2.72. The van der Waals surface area contributed by atoms with Crippen LogP contribution in [0.1, 0.15) is 25.7 Å². The minimum Gasteiger partial charge on any atom is -0.356 e. The second-order valence-electron chi connectivity index (χ2n) is 6.17. The van der Waals surface area contributed by atoms with Gasteiger partial charge in [0.2, 0.25) is 5.91 Å². The molecule has 0 unspecified atom stereocenters. The lowest BCUT2D eigenvalue weighted by atomic mass is 9.96. The Bertz CT molecular complexity index is 673. The van der Waals surface area contributed by atoms with Gasteiger partial charge in [-0.3, -0.25) is 4.79 Å². The van der Waals surface area contributed by atoms with E-state index in [1.165, 1.54) is 17.5 Å². The van der Waals surface area contributed by atoms with Crippen molar-refractivity contribution in [1.29, 1.82) is 0 Å². The average molecular weight is 301 g/mol. The Labute approximate surface area is 127 Å². The molecular formula is C14H19N7O. The molecule has 1 saturated heterocycles. The van der Waals surface area contributed by atoms with Gasteiger partial charge in [-0.25, -0.2) is 0 Å². The summed E-state index contributed by atoms with van der Waals surface area (Å²) >= 11 is 0. The number of amides is 1. The van der Waals surface area contributed by atoms with Crippen LogP contribution in [0.25, 0.3) is 5.65 Å². The molecule has 1 N–H and O–H groups in total. The number of hydrogen-bond acceptors (Lipinski definition) is 6. The molecule has 0 spiro atoms. The highest BCUT2D eigenvalue weighted by Crippen LogP contribution is 2.28. The van der Waals surface area contributed by atoms with E-state index in [0.29, 0.717) is 5.65 Å². The summed E-state index contributed by atoms with van der Waals surface area (Å²) in [5, 5.41) is 18.7. The minimum absolute atomic E-state index is 0.131. The van der Waals surface area contributed by atoms with Crippen molar-refractivity contribution in [3.63, 3.8) is 0 Å². The molecule has 2 aromatic heterocycles. The second-order valence-corrected chi connectivity index (χ2v) is 6.17. The van der Waals surface area contributed by atoms with Crippen LogP contribution in [0.4, 0.5) is 5.82 Å². The van der Waals surface area contributed by atoms with Crippen molar-refractivity contribution in [2.24, 2.45) is 11.8 Å². The van der Waals surface area contributed by atoms with Crippen molar-refractivity contribution < 1.29 is 4.79 Å². The highest BCUT2D eigenvalue weighted by molar-refractivity contribution is 5.79. The minimum atomic E-state index is 0.131. The van der Waals surface area contributed by atoms with Gasteiger partial charge in [-0.05, 0) is 54.2 Å². The molecule has 1 amide bonds. The monoisotopic (exact) mass is 301 g/mol. The number of carbonyl (C=O) groups is 1. The molecule has 1 aliphatic heterocycles. The zero-order valence-electron chi connectivity index (χ0n) is 12.4. The molecule has 8 nitrogen and oxygen atoms in total. The van der Waals surface area contributed by atoms with Crippen LogP contribution in [0.5, 0.6) is 0 Å². The van der Waals surface area contributed by atoms with Crippen LogP contribution in [0.2, 0.25) is 0 Å². The van der Waals surface area contributed by atoms with E-state index in [9.17, 15) is 4.79 Å². The third-order valence-corrected chi connectivity index (χ3v) is 4.51. The second kappa shape index (κ2) is 5.51. The number of anilines is 1. The van der Waals surface area contributed by atoms with Crippen molar-refractivity contribution >= 4 is 17.4 Å². The van der Waals surface area contributed by atoms with Crippen LogP contribution in [0, 0.1) is 11.8 Å². The number of nitrogens with zero attached hydrogens (tertiary/aromatic N) is 6. The molecule has 2 fully saturated rings. The molecule has 0 bridgehead atoms. The Morgan fingerprint density at radius 3 is 2.82 bits per heavy atom. The van der Waals surface area contributed by atoms with Crippen LogP contribution < -0.4 is 10.2 Å². The summed E-state index contributed by atoms with van der Waals surface area (Å²) in [7, 11) is 0. The number of carbonyl (C=O) groups excluding carboxylic acids is 1. The summed E-state index contributed by atoms with van der Waals surface area (Å²) in [4.78, 5) is 14.3. The zero-order chi connectivity index (χ0) is 14.9. The molecule has 22 heavy (non-hydrogen) atoms. The predicted octanol–water partition coefficient (Wildman–Crippen LogP) is 0.262. The van der Waals surface area contributed by atoms with Gasteiger partial charge in [-0.15, -0.1) is 14.8 Å². The van der Waals surface area contributed by atoms with Gasteiger partial charge in [-0.2, -0.15) is 0 Å². The maximum Gasteiger partial charge on any atom is 0.223 e. The van der Waals surface area contributed by atoms with E-state index in [1.807, 2.05) is 12.1 Å². The molecule has 2 aliphatic rings. The highest BCUT2D eigenvalue weighted by atomic mass is 16.1. The van der Waals surface area contributed by atoms with Gasteiger partial charge < -0.3 is 10.2 Å².